The van der Waals surface area contributed by atoms with E-state index in [-0.39, 0.29) is 0 Å². The van der Waals surface area contributed by atoms with Crippen molar-refractivity contribution in [2.45, 2.75) is 44.8 Å². The van der Waals surface area contributed by atoms with E-state index in [1.165, 1.54) is 37.2 Å². The van der Waals surface area contributed by atoms with Gasteiger partial charge in [0.2, 0.25) is 0 Å². The van der Waals surface area contributed by atoms with Crippen LogP contribution in [0.15, 0.2) is 17.5 Å². The molecule has 2 atom stereocenters. The number of hydrogen-bond acceptors (Lipinski definition) is 3. The molecule has 2 unspecified atom stereocenters. The van der Waals surface area contributed by atoms with Gasteiger partial charge in [-0.05, 0) is 36.6 Å². The summed E-state index contributed by atoms with van der Waals surface area (Å²) in [5, 5.41) is 5.91. The zero-order valence-corrected chi connectivity index (χ0v) is 11.4. The van der Waals surface area contributed by atoms with E-state index in [1.54, 1.807) is 0 Å². The molecule has 1 aromatic heterocycles. The van der Waals surface area contributed by atoms with Crippen molar-refractivity contribution in [1.82, 2.24) is 10.2 Å². The third kappa shape index (κ3) is 2.72. The first-order chi connectivity index (χ1) is 8.36. The van der Waals surface area contributed by atoms with E-state index >= 15 is 0 Å². The maximum absolute atomic E-state index is 3.71. The second kappa shape index (κ2) is 5.09. The van der Waals surface area contributed by atoms with Gasteiger partial charge in [0, 0.05) is 36.6 Å². The predicted octanol–water partition coefficient (Wildman–Crippen LogP) is 2.71. The van der Waals surface area contributed by atoms with Crippen molar-refractivity contribution in [3.8, 4) is 0 Å². The minimum atomic E-state index is 0.699. The molecule has 3 heteroatoms. The zero-order chi connectivity index (χ0) is 11.7. The lowest BCUT2D eigenvalue weighted by atomic mass is 10.0. The van der Waals surface area contributed by atoms with Gasteiger partial charge in [0.1, 0.15) is 0 Å². The quantitative estimate of drug-likeness (QED) is 0.884. The highest BCUT2D eigenvalue weighted by Gasteiger charge is 2.38. The normalized spacial score (nSPS) is 30.6. The summed E-state index contributed by atoms with van der Waals surface area (Å²) in [6.07, 6.45) is 4.15. The minimum absolute atomic E-state index is 0.699. The van der Waals surface area contributed by atoms with Gasteiger partial charge in [0.05, 0.1) is 0 Å². The van der Waals surface area contributed by atoms with E-state index in [0.29, 0.717) is 6.04 Å². The Labute approximate surface area is 108 Å². The molecule has 0 spiro atoms. The van der Waals surface area contributed by atoms with Crippen molar-refractivity contribution < 1.29 is 0 Å². The number of nitrogens with zero attached hydrogens (tertiary/aromatic N) is 1. The van der Waals surface area contributed by atoms with Gasteiger partial charge in [-0.1, -0.05) is 13.0 Å². The summed E-state index contributed by atoms with van der Waals surface area (Å²) >= 11 is 1.90. The van der Waals surface area contributed by atoms with Crippen LogP contribution in [0.2, 0.25) is 0 Å². The molecule has 2 fully saturated rings. The summed E-state index contributed by atoms with van der Waals surface area (Å²) in [6, 6.07) is 5.94. The van der Waals surface area contributed by atoms with Gasteiger partial charge >= 0.3 is 0 Å². The summed E-state index contributed by atoms with van der Waals surface area (Å²) in [5.41, 5.74) is 0. The maximum Gasteiger partial charge on any atom is 0.0332 e. The lowest BCUT2D eigenvalue weighted by Gasteiger charge is -2.40. The average Bonchev–Trinajstić information content (AvgIpc) is 3.07. The fourth-order valence-electron chi connectivity index (χ4n) is 2.90. The van der Waals surface area contributed by atoms with Gasteiger partial charge in [-0.3, -0.25) is 4.90 Å². The Morgan fingerprint density at radius 1 is 1.47 bits per heavy atom. The Hall–Kier alpha value is -0.380. The number of rotatable bonds is 4. The molecule has 1 aliphatic carbocycles. The lowest BCUT2D eigenvalue weighted by Crippen LogP contribution is -2.56. The first-order valence-electron chi connectivity index (χ1n) is 6.86. The van der Waals surface area contributed by atoms with Gasteiger partial charge < -0.3 is 5.32 Å². The molecule has 0 bridgehead atoms. The molecule has 0 aromatic carbocycles. The molecule has 2 nitrogen and oxygen atoms in total. The highest BCUT2D eigenvalue weighted by atomic mass is 32.1. The number of piperazine rings is 1. The van der Waals surface area contributed by atoms with Crippen LogP contribution in [-0.2, 0) is 6.54 Å². The molecule has 1 saturated heterocycles. The molecule has 1 aromatic rings. The molecule has 1 aliphatic heterocycles. The molecule has 2 aliphatic rings. The van der Waals surface area contributed by atoms with Crippen LogP contribution in [0.1, 0.15) is 31.1 Å². The van der Waals surface area contributed by atoms with Crippen molar-refractivity contribution in [3.63, 3.8) is 0 Å². The number of nitrogens with one attached hydrogen (secondary N) is 1. The summed E-state index contributed by atoms with van der Waals surface area (Å²) in [5.74, 6) is 0.972. The maximum atomic E-state index is 3.71. The topological polar surface area (TPSA) is 15.3 Å². The van der Waals surface area contributed by atoms with Crippen molar-refractivity contribution in [2.75, 3.05) is 13.1 Å². The Balaban J connectivity index is 1.67. The van der Waals surface area contributed by atoms with E-state index in [2.05, 4.69) is 34.7 Å². The largest absolute Gasteiger partial charge is 0.311 e. The van der Waals surface area contributed by atoms with Crippen LogP contribution in [-0.4, -0.2) is 30.1 Å². The van der Waals surface area contributed by atoms with Crippen LogP contribution in [0.25, 0.3) is 0 Å². The first-order valence-corrected chi connectivity index (χ1v) is 7.74. The second-order valence-corrected chi connectivity index (χ2v) is 6.46. The van der Waals surface area contributed by atoms with Crippen molar-refractivity contribution in [1.29, 1.82) is 0 Å². The third-order valence-electron chi connectivity index (χ3n) is 4.14. The molecule has 0 amide bonds. The van der Waals surface area contributed by atoms with Crippen LogP contribution < -0.4 is 5.32 Å². The van der Waals surface area contributed by atoms with Crippen LogP contribution >= 0.6 is 11.3 Å². The number of thiophene rings is 1. The molecule has 1 N–H and O–H groups in total. The van der Waals surface area contributed by atoms with E-state index < -0.39 is 0 Å². The van der Waals surface area contributed by atoms with Crippen LogP contribution in [0, 0.1) is 5.92 Å². The van der Waals surface area contributed by atoms with Gasteiger partial charge in [-0.15, -0.1) is 11.3 Å². The van der Waals surface area contributed by atoms with E-state index in [1.807, 2.05) is 11.3 Å². The molecule has 1 saturated carbocycles. The first kappa shape index (κ1) is 11.7. The SMILES string of the molecule is CCC1CN(Cc2cccs2)C(C2CC2)CN1. The van der Waals surface area contributed by atoms with Crippen LogP contribution in [0.4, 0.5) is 0 Å². The summed E-state index contributed by atoms with van der Waals surface area (Å²) in [6.45, 7) is 5.89. The fourth-order valence-corrected chi connectivity index (χ4v) is 3.63. The van der Waals surface area contributed by atoms with Gasteiger partial charge in [0.15, 0.2) is 0 Å². The molecular weight excluding hydrogens is 228 g/mol. The van der Waals surface area contributed by atoms with Gasteiger partial charge in [-0.25, -0.2) is 0 Å². The van der Waals surface area contributed by atoms with E-state index in [4.69, 9.17) is 0 Å². The smallest absolute Gasteiger partial charge is 0.0332 e. The standard InChI is InChI=1S/C14H22N2S/c1-2-12-9-16(10-13-4-3-7-17-13)14(8-15-12)11-5-6-11/h3-4,7,11-12,14-15H,2,5-6,8-10H2,1H3. The molecular formula is C14H22N2S. The second-order valence-electron chi connectivity index (χ2n) is 5.43. The zero-order valence-electron chi connectivity index (χ0n) is 10.6. The van der Waals surface area contributed by atoms with E-state index in [0.717, 1.165) is 18.5 Å². The molecule has 94 valence electrons. The summed E-state index contributed by atoms with van der Waals surface area (Å²) < 4.78 is 0. The highest BCUT2D eigenvalue weighted by Crippen LogP contribution is 2.37. The van der Waals surface area contributed by atoms with E-state index in [9.17, 15) is 0 Å². The van der Waals surface area contributed by atoms with Crippen molar-refractivity contribution in [2.24, 2.45) is 5.92 Å². The Bertz CT molecular complexity index is 345. The lowest BCUT2D eigenvalue weighted by molar-refractivity contribution is 0.107. The average molecular weight is 250 g/mol. The summed E-state index contributed by atoms with van der Waals surface area (Å²) in [4.78, 5) is 4.25. The predicted molar refractivity (Wildman–Crippen MR) is 73.3 cm³/mol. The fraction of sp³-hybridized carbons (Fsp3) is 0.714. The van der Waals surface area contributed by atoms with Crippen LogP contribution in [0.3, 0.4) is 0 Å². The molecule has 0 radical (unpaired) electrons. The molecule has 3 rings (SSSR count). The van der Waals surface area contributed by atoms with Crippen molar-refractivity contribution in [3.05, 3.63) is 22.4 Å². The highest BCUT2D eigenvalue weighted by molar-refractivity contribution is 7.09. The Kier molecular flexibility index (Phi) is 3.50. The summed E-state index contributed by atoms with van der Waals surface area (Å²) in [7, 11) is 0. The third-order valence-corrected chi connectivity index (χ3v) is 5.00. The van der Waals surface area contributed by atoms with Crippen LogP contribution in [0.5, 0.6) is 0 Å². The Morgan fingerprint density at radius 2 is 2.35 bits per heavy atom. The van der Waals surface area contributed by atoms with Gasteiger partial charge in [0.25, 0.3) is 0 Å². The van der Waals surface area contributed by atoms with Crippen molar-refractivity contribution >= 4 is 11.3 Å². The molecule has 17 heavy (non-hydrogen) atoms. The number of hydrogen-bond donors (Lipinski definition) is 1. The molecule has 2 heterocycles. The Morgan fingerprint density at radius 3 is 3.00 bits per heavy atom. The van der Waals surface area contributed by atoms with Gasteiger partial charge in [-0.2, -0.15) is 0 Å². The minimum Gasteiger partial charge on any atom is -0.311 e. The monoisotopic (exact) mass is 250 g/mol.